The Morgan fingerprint density at radius 2 is 1.73 bits per heavy atom. The van der Waals surface area contributed by atoms with Crippen LogP contribution in [0.3, 0.4) is 0 Å². The van der Waals surface area contributed by atoms with Gasteiger partial charge in [0.25, 0.3) is 0 Å². The van der Waals surface area contributed by atoms with Crippen LogP contribution >= 0.6 is 0 Å². The summed E-state index contributed by atoms with van der Waals surface area (Å²) in [6.45, 7) is 2.70. The second-order valence-corrected chi connectivity index (χ2v) is 4.48. The first-order valence-corrected chi connectivity index (χ1v) is 6.80. The average Bonchev–Trinajstić information content (AvgIpc) is 2.51. The standard InChI is InChI=1S/C16H16F2N2O2/c1-2-22-12-8-6-11(7-9-12)10-19-16(21)20-15-13(17)4-3-5-14(15)18/h3-9H,2,10H2,1H3,(H2,19,20,21). The molecular weight excluding hydrogens is 290 g/mol. The van der Waals surface area contributed by atoms with E-state index in [1.807, 2.05) is 6.92 Å². The average molecular weight is 306 g/mol. The number of amides is 2. The number of urea groups is 1. The molecule has 6 heteroatoms. The molecule has 4 nitrogen and oxygen atoms in total. The predicted molar refractivity (Wildman–Crippen MR) is 79.8 cm³/mol. The maximum absolute atomic E-state index is 13.4. The third kappa shape index (κ3) is 4.18. The molecule has 2 N–H and O–H groups in total. The number of benzene rings is 2. The van der Waals surface area contributed by atoms with Crippen molar-refractivity contribution in [3.05, 3.63) is 59.7 Å². The van der Waals surface area contributed by atoms with Gasteiger partial charge in [-0.2, -0.15) is 0 Å². The van der Waals surface area contributed by atoms with Gasteiger partial charge in [0.15, 0.2) is 0 Å². The monoisotopic (exact) mass is 306 g/mol. The lowest BCUT2D eigenvalue weighted by atomic mass is 10.2. The van der Waals surface area contributed by atoms with Gasteiger partial charge in [0.05, 0.1) is 6.61 Å². The highest BCUT2D eigenvalue weighted by atomic mass is 19.1. The number of carbonyl (C=O) groups excluding carboxylic acids is 1. The summed E-state index contributed by atoms with van der Waals surface area (Å²) in [6, 6.07) is 9.87. The van der Waals surface area contributed by atoms with Crippen molar-refractivity contribution in [2.24, 2.45) is 0 Å². The Balaban J connectivity index is 1.90. The number of nitrogens with one attached hydrogen (secondary N) is 2. The molecule has 0 saturated carbocycles. The zero-order chi connectivity index (χ0) is 15.9. The molecule has 0 aliphatic rings. The van der Waals surface area contributed by atoms with Crippen LogP contribution in [0.15, 0.2) is 42.5 Å². The Hall–Kier alpha value is -2.63. The maximum Gasteiger partial charge on any atom is 0.319 e. The van der Waals surface area contributed by atoms with Crippen LogP contribution in [0, 0.1) is 11.6 Å². The fourth-order valence-electron chi connectivity index (χ4n) is 1.83. The number of hydrogen-bond donors (Lipinski definition) is 2. The summed E-state index contributed by atoms with van der Waals surface area (Å²) in [6.07, 6.45) is 0. The smallest absolute Gasteiger partial charge is 0.319 e. The Morgan fingerprint density at radius 1 is 1.09 bits per heavy atom. The second kappa shape index (κ2) is 7.40. The predicted octanol–water partition coefficient (Wildman–Crippen LogP) is 3.69. The lowest BCUT2D eigenvalue weighted by Gasteiger charge is -2.10. The number of anilines is 1. The fraction of sp³-hybridized carbons (Fsp3) is 0.188. The zero-order valence-electron chi connectivity index (χ0n) is 12.0. The zero-order valence-corrected chi connectivity index (χ0v) is 12.0. The number of hydrogen-bond acceptors (Lipinski definition) is 2. The highest BCUT2D eigenvalue weighted by molar-refractivity contribution is 5.89. The van der Waals surface area contributed by atoms with Crippen molar-refractivity contribution < 1.29 is 18.3 Å². The molecule has 116 valence electrons. The normalized spacial score (nSPS) is 10.1. The van der Waals surface area contributed by atoms with Gasteiger partial charge in [-0.1, -0.05) is 18.2 Å². The van der Waals surface area contributed by atoms with Crippen LogP contribution in [0.2, 0.25) is 0 Å². The highest BCUT2D eigenvalue weighted by Crippen LogP contribution is 2.17. The maximum atomic E-state index is 13.4. The molecule has 2 amide bonds. The second-order valence-electron chi connectivity index (χ2n) is 4.48. The molecule has 0 saturated heterocycles. The van der Waals surface area contributed by atoms with E-state index in [4.69, 9.17) is 4.74 Å². The molecule has 0 atom stereocenters. The third-order valence-corrected chi connectivity index (χ3v) is 2.89. The minimum Gasteiger partial charge on any atom is -0.494 e. The third-order valence-electron chi connectivity index (χ3n) is 2.89. The summed E-state index contributed by atoms with van der Waals surface area (Å²) in [7, 11) is 0. The number of rotatable bonds is 5. The number of carbonyl (C=O) groups is 1. The fourth-order valence-corrected chi connectivity index (χ4v) is 1.83. The van der Waals surface area contributed by atoms with Crippen molar-refractivity contribution in [1.29, 1.82) is 0 Å². The molecule has 0 aromatic heterocycles. The van der Waals surface area contributed by atoms with Crippen LogP contribution in [-0.2, 0) is 6.54 Å². The van der Waals surface area contributed by atoms with E-state index in [-0.39, 0.29) is 6.54 Å². The van der Waals surface area contributed by atoms with Gasteiger partial charge in [-0.3, -0.25) is 0 Å². The van der Waals surface area contributed by atoms with Crippen molar-refractivity contribution in [3.63, 3.8) is 0 Å². The van der Waals surface area contributed by atoms with Crippen LogP contribution in [0.4, 0.5) is 19.3 Å². The SMILES string of the molecule is CCOc1ccc(CNC(=O)Nc2c(F)cccc2F)cc1. The highest BCUT2D eigenvalue weighted by Gasteiger charge is 2.11. The van der Waals surface area contributed by atoms with E-state index in [2.05, 4.69) is 10.6 Å². The lowest BCUT2D eigenvalue weighted by molar-refractivity contribution is 0.251. The van der Waals surface area contributed by atoms with Gasteiger partial charge in [0, 0.05) is 6.54 Å². The van der Waals surface area contributed by atoms with Gasteiger partial charge in [0.2, 0.25) is 0 Å². The number of para-hydroxylation sites is 1. The van der Waals surface area contributed by atoms with Crippen molar-refractivity contribution in [2.75, 3.05) is 11.9 Å². The molecule has 2 rings (SSSR count). The van der Waals surface area contributed by atoms with E-state index < -0.39 is 23.4 Å². The summed E-state index contributed by atoms with van der Waals surface area (Å²) in [5, 5.41) is 4.68. The quantitative estimate of drug-likeness (QED) is 0.885. The van der Waals surface area contributed by atoms with E-state index >= 15 is 0 Å². The first kappa shape index (κ1) is 15.8. The summed E-state index contributed by atoms with van der Waals surface area (Å²) < 4.78 is 32.1. The molecule has 0 fully saturated rings. The summed E-state index contributed by atoms with van der Waals surface area (Å²) >= 11 is 0. The molecule has 2 aromatic carbocycles. The largest absolute Gasteiger partial charge is 0.494 e. The molecule has 0 bridgehead atoms. The first-order chi connectivity index (χ1) is 10.6. The van der Waals surface area contributed by atoms with E-state index in [0.29, 0.717) is 6.61 Å². The molecule has 0 aliphatic carbocycles. The Labute approximate surface area is 127 Å². The van der Waals surface area contributed by atoms with Gasteiger partial charge in [0.1, 0.15) is 23.1 Å². The molecule has 0 heterocycles. The van der Waals surface area contributed by atoms with Crippen LogP contribution < -0.4 is 15.4 Å². The summed E-state index contributed by atoms with van der Waals surface area (Å²) in [5.41, 5.74) is 0.374. The number of ether oxygens (including phenoxy) is 1. The van der Waals surface area contributed by atoms with Gasteiger partial charge in [-0.05, 0) is 36.8 Å². The first-order valence-electron chi connectivity index (χ1n) is 6.80. The van der Waals surface area contributed by atoms with E-state index in [9.17, 15) is 13.6 Å². The molecule has 0 unspecified atom stereocenters. The summed E-state index contributed by atoms with van der Waals surface area (Å²) in [4.78, 5) is 11.7. The van der Waals surface area contributed by atoms with Crippen molar-refractivity contribution in [1.82, 2.24) is 5.32 Å². The van der Waals surface area contributed by atoms with Gasteiger partial charge in [-0.15, -0.1) is 0 Å². The van der Waals surface area contributed by atoms with E-state index in [1.165, 1.54) is 6.07 Å². The Bertz CT molecular complexity index is 625. The number of halogens is 2. The van der Waals surface area contributed by atoms with Crippen LogP contribution in [0.25, 0.3) is 0 Å². The lowest BCUT2D eigenvalue weighted by Crippen LogP contribution is -2.29. The topological polar surface area (TPSA) is 50.4 Å². The van der Waals surface area contributed by atoms with Crippen LogP contribution in [0.5, 0.6) is 5.75 Å². The van der Waals surface area contributed by atoms with Gasteiger partial charge in [-0.25, -0.2) is 13.6 Å². The van der Waals surface area contributed by atoms with Crippen LogP contribution in [-0.4, -0.2) is 12.6 Å². The molecule has 0 spiro atoms. The van der Waals surface area contributed by atoms with Crippen LogP contribution in [0.1, 0.15) is 12.5 Å². The molecule has 0 radical (unpaired) electrons. The van der Waals surface area contributed by atoms with Crippen molar-refractivity contribution in [3.8, 4) is 5.75 Å². The molecule has 2 aromatic rings. The van der Waals surface area contributed by atoms with E-state index in [0.717, 1.165) is 23.4 Å². The minimum atomic E-state index is -0.823. The van der Waals surface area contributed by atoms with Crippen molar-refractivity contribution in [2.45, 2.75) is 13.5 Å². The Kier molecular flexibility index (Phi) is 5.30. The van der Waals surface area contributed by atoms with Gasteiger partial charge < -0.3 is 15.4 Å². The Morgan fingerprint density at radius 3 is 2.32 bits per heavy atom. The van der Waals surface area contributed by atoms with Crippen molar-refractivity contribution >= 4 is 11.7 Å². The molecular formula is C16H16F2N2O2. The van der Waals surface area contributed by atoms with Gasteiger partial charge >= 0.3 is 6.03 Å². The summed E-state index contributed by atoms with van der Waals surface area (Å²) in [5.74, 6) is -0.906. The molecule has 22 heavy (non-hydrogen) atoms. The molecule has 0 aliphatic heterocycles. The van der Waals surface area contributed by atoms with E-state index in [1.54, 1.807) is 24.3 Å². The minimum absolute atomic E-state index is 0.230.